The summed E-state index contributed by atoms with van der Waals surface area (Å²) < 4.78 is 33.2. The number of aryl methyl sites for hydroxylation is 1. The molecule has 1 fully saturated rings. The Bertz CT molecular complexity index is 821. The van der Waals surface area contributed by atoms with Gasteiger partial charge in [-0.3, -0.25) is 4.79 Å². The number of carbonyl (C=O) groups excluding carboxylic acids is 2. The van der Waals surface area contributed by atoms with Gasteiger partial charge in [-0.05, 0) is 37.7 Å². The number of likely N-dealkylation sites (N-methyl/N-ethyl adjacent to an activating group) is 1. The maximum atomic E-state index is 12.6. The van der Waals surface area contributed by atoms with E-state index in [1.807, 2.05) is 0 Å². The van der Waals surface area contributed by atoms with Crippen molar-refractivity contribution in [3.8, 4) is 0 Å². The fraction of sp³-hybridized carbons (Fsp3) is 0.700. The van der Waals surface area contributed by atoms with Gasteiger partial charge in [-0.15, -0.1) is 0 Å². The highest BCUT2D eigenvalue weighted by molar-refractivity contribution is 7.89. The van der Waals surface area contributed by atoms with Crippen LogP contribution in [0.3, 0.4) is 0 Å². The van der Waals surface area contributed by atoms with Crippen molar-refractivity contribution >= 4 is 21.9 Å². The van der Waals surface area contributed by atoms with Gasteiger partial charge in [0.05, 0.1) is 0 Å². The van der Waals surface area contributed by atoms with Gasteiger partial charge in [0.15, 0.2) is 6.61 Å². The predicted molar refractivity (Wildman–Crippen MR) is 110 cm³/mol. The van der Waals surface area contributed by atoms with Crippen LogP contribution in [-0.2, 0) is 26.6 Å². The van der Waals surface area contributed by atoms with E-state index in [1.165, 1.54) is 21.1 Å². The lowest BCUT2D eigenvalue weighted by Gasteiger charge is -2.33. The molecular weight excluding hydrogens is 394 g/mol. The summed E-state index contributed by atoms with van der Waals surface area (Å²) in [5.74, 6) is -0.276. The number of hydrogen-bond acceptors (Lipinski definition) is 5. The van der Waals surface area contributed by atoms with Gasteiger partial charge >= 0.3 is 5.97 Å². The van der Waals surface area contributed by atoms with Crippen LogP contribution in [0.15, 0.2) is 17.2 Å². The maximum absolute atomic E-state index is 12.6. The number of esters is 1. The molecule has 1 aliphatic carbocycles. The lowest BCUT2D eigenvalue weighted by molar-refractivity contribution is -0.136. The van der Waals surface area contributed by atoms with Crippen LogP contribution in [0.25, 0.3) is 0 Å². The summed E-state index contributed by atoms with van der Waals surface area (Å²) in [5.41, 5.74) is 0.0951. The zero-order valence-corrected chi connectivity index (χ0v) is 18.9. The first-order chi connectivity index (χ1) is 13.6. The summed E-state index contributed by atoms with van der Waals surface area (Å²) in [6.07, 6.45) is 5.50. The van der Waals surface area contributed by atoms with Crippen LogP contribution in [0.1, 0.15) is 56.9 Å². The van der Waals surface area contributed by atoms with Crippen LogP contribution in [0.5, 0.6) is 0 Å². The molecule has 0 saturated heterocycles. The summed E-state index contributed by atoms with van der Waals surface area (Å²) >= 11 is 0. The van der Waals surface area contributed by atoms with E-state index in [0.717, 1.165) is 25.7 Å². The van der Waals surface area contributed by atoms with Crippen molar-refractivity contribution in [1.82, 2.24) is 13.8 Å². The van der Waals surface area contributed by atoms with Gasteiger partial charge in [0.25, 0.3) is 5.91 Å². The van der Waals surface area contributed by atoms with Crippen LogP contribution < -0.4 is 0 Å². The molecular formula is C20H33N3O5S. The molecule has 9 heteroatoms. The number of ether oxygens (including phenoxy) is 1. The van der Waals surface area contributed by atoms with Crippen molar-refractivity contribution in [3.63, 3.8) is 0 Å². The molecule has 164 valence electrons. The van der Waals surface area contributed by atoms with Crippen molar-refractivity contribution in [1.29, 1.82) is 0 Å². The van der Waals surface area contributed by atoms with Crippen LogP contribution in [0.4, 0.5) is 0 Å². The fourth-order valence-electron chi connectivity index (χ4n) is 3.73. The number of sulfonamides is 1. The molecule has 1 aromatic rings. The SMILES string of the molecule is CCN(CC)S(=O)(=O)c1cc(C(=O)OCC(=O)N(C)C2CCC(C)CC2)n(C)c1. The van der Waals surface area contributed by atoms with Crippen molar-refractivity contribution in [2.24, 2.45) is 13.0 Å². The number of nitrogens with zero attached hydrogens (tertiary/aromatic N) is 3. The van der Waals surface area contributed by atoms with Crippen LogP contribution in [-0.4, -0.2) is 66.9 Å². The Morgan fingerprint density at radius 3 is 2.31 bits per heavy atom. The molecule has 0 radical (unpaired) electrons. The van der Waals surface area contributed by atoms with Crippen LogP contribution in [0.2, 0.25) is 0 Å². The molecule has 1 heterocycles. The Balaban J connectivity index is 2.01. The zero-order chi connectivity index (χ0) is 21.8. The van der Waals surface area contributed by atoms with Gasteiger partial charge in [0.2, 0.25) is 10.0 Å². The van der Waals surface area contributed by atoms with Gasteiger partial charge in [-0.1, -0.05) is 20.8 Å². The molecule has 8 nitrogen and oxygen atoms in total. The molecule has 29 heavy (non-hydrogen) atoms. The van der Waals surface area contributed by atoms with Crippen LogP contribution >= 0.6 is 0 Å². The highest BCUT2D eigenvalue weighted by Crippen LogP contribution is 2.26. The number of amides is 1. The Kier molecular flexibility index (Phi) is 7.87. The van der Waals surface area contributed by atoms with Crippen molar-refractivity contribution in [3.05, 3.63) is 18.0 Å². The highest BCUT2D eigenvalue weighted by Gasteiger charge is 2.28. The molecule has 0 unspecified atom stereocenters. The summed E-state index contributed by atoms with van der Waals surface area (Å²) in [6, 6.07) is 1.48. The zero-order valence-electron chi connectivity index (χ0n) is 18.1. The topological polar surface area (TPSA) is 88.9 Å². The Morgan fingerprint density at radius 2 is 1.76 bits per heavy atom. The first-order valence-corrected chi connectivity index (χ1v) is 11.6. The average molecular weight is 428 g/mol. The Labute approximate surface area is 173 Å². The van der Waals surface area contributed by atoms with E-state index in [9.17, 15) is 18.0 Å². The van der Waals surface area contributed by atoms with Gasteiger partial charge in [-0.25, -0.2) is 13.2 Å². The van der Waals surface area contributed by atoms with Crippen LogP contribution in [0, 0.1) is 5.92 Å². The summed E-state index contributed by atoms with van der Waals surface area (Å²) in [7, 11) is -0.348. The predicted octanol–water partition coefficient (Wildman–Crippen LogP) is 2.25. The van der Waals surface area contributed by atoms with Crippen molar-refractivity contribution in [2.45, 2.75) is 57.4 Å². The lowest BCUT2D eigenvalue weighted by atomic mass is 9.87. The van der Waals surface area contributed by atoms with E-state index in [1.54, 1.807) is 32.8 Å². The van der Waals surface area contributed by atoms with E-state index in [2.05, 4.69) is 6.92 Å². The number of aromatic nitrogens is 1. The molecule has 0 atom stereocenters. The third-order valence-corrected chi connectivity index (χ3v) is 7.80. The van der Waals surface area contributed by atoms with E-state index in [4.69, 9.17) is 4.74 Å². The van der Waals surface area contributed by atoms with Gasteiger partial charge in [0, 0.05) is 39.4 Å². The minimum absolute atomic E-state index is 0.0374. The smallest absolute Gasteiger partial charge is 0.355 e. The van der Waals surface area contributed by atoms with Gasteiger partial charge < -0.3 is 14.2 Å². The second-order valence-electron chi connectivity index (χ2n) is 7.76. The van der Waals surface area contributed by atoms with E-state index >= 15 is 0 Å². The Hall–Kier alpha value is -1.87. The molecule has 1 amide bonds. The summed E-state index contributed by atoms with van der Waals surface area (Å²) in [6.45, 7) is 6.06. The fourth-order valence-corrected chi connectivity index (χ4v) is 5.26. The van der Waals surface area contributed by atoms with Gasteiger partial charge in [-0.2, -0.15) is 4.31 Å². The molecule has 1 saturated carbocycles. The summed E-state index contributed by atoms with van der Waals surface area (Å²) in [5, 5.41) is 0. The molecule has 0 spiro atoms. The molecule has 2 rings (SSSR count). The largest absolute Gasteiger partial charge is 0.451 e. The Morgan fingerprint density at radius 1 is 1.17 bits per heavy atom. The molecule has 0 N–H and O–H groups in total. The number of carbonyl (C=O) groups is 2. The highest BCUT2D eigenvalue weighted by atomic mass is 32.2. The second kappa shape index (κ2) is 9.75. The number of hydrogen-bond donors (Lipinski definition) is 0. The molecule has 1 aliphatic rings. The number of rotatable bonds is 8. The first-order valence-electron chi connectivity index (χ1n) is 10.2. The molecule has 0 aromatic carbocycles. The van der Waals surface area contributed by atoms with E-state index in [0.29, 0.717) is 19.0 Å². The maximum Gasteiger partial charge on any atom is 0.355 e. The third kappa shape index (κ3) is 5.39. The minimum Gasteiger partial charge on any atom is -0.451 e. The molecule has 1 aromatic heterocycles. The third-order valence-electron chi connectivity index (χ3n) is 5.79. The molecule has 0 aliphatic heterocycles. The quantitative estimate of drug-likeness (QED) is 0.594. The minimum atomic E-state index is -3.67. The lowest BCUT2D eigenvalue weighted by Crippen LogP contribution is -2.41. The molecule has 0 bridgehead atoms. The first kappa shape index (κ1) is 23.4. The second-order valence-corrected chi connectivity index (χ2v) is 9.69. The standard InChI is InChI=1S/C20H33N3O5S/c1-6-23(7-2)29(26,27)17-12-18(21(4)13-17)20(25)28-14-19(24)22(5)16-10-8-15(3)9-11-16/h12-13,15-16H,6-11,14H2,1-5H3. The monoisotopic (exact) mass is 427 g/mol. The van der Waals surface area contributed by atoms with Crippen molar-refractivity contribution in [2.75, 3.05) is 26.7 Å². The van der Waals surface area contributed by atoms with E-state index in [-0.39, 0.29) is 29.1 Å². The summed E-state index contributed by atoms with van der Waals surface area (Å²) in [4.78, 5) is 26.6. The van der Waals surface area contributed by atoms with E-state index < -0.39 is 16.0 Å². The average Bonchev–Trinajstić information content (AvgIpc) is 3.09. The normalized spacial score (nSPS) is 19.9. The van der Waals surface area contributed by atoms with Crippen molar-refractivity contribution < 1.29 is 22.7 Å². The van der Waals surface area contributed by atoms with Gasteiger partial charge in [0.1, 0.15) is 10.6 Å².